The number of hydrazone groups is 1. The number of amides is 1. The minimum absolute atomic E-state index is 0.0775. The number of nitrogens with zero attached hydrogens (tertiary/aromatic N) is 2. The molecular weight excluding hydrogens is 421 g/mol. The summed E-state index contributed by atoms with van der Waals surface area (Å²) in [5.74, 6) is -4.60. The fourth-order valence-corrected chi connectivity index (χ4v) is 3.31. The summed E-state index contributed by atoms with van der Waals surface area (Å²) in [6.07, 6.45) is 3.20. The Morgan fingerprint density at radius 3 is 2.56 bits per heavy atom. The molecule has 0 fully saturated rings. The van der Waals surface area contributed by atoms with Crippen LogP contribution in [0.15, 0.2) is 65.9 Å². The number of benzene rings is 3. The third kappa shape index (κ3) is 4.13. The molecule has 1 heterocycles. The molecule has 4 aromatic rings. The fraction of sp³-hybridized carbons (Fsp3) is 0.0435. The molecule has 6 nitrogen and oxygen atoms in total. The molecule has 0 aliphatic rings. The summed E-state index contributed by atoms with van der Waals surface area (Å²) in [5.41, 5.74) is 10.0. The molecule has 0 saturated heterocycles. The van der Waals surface area contributed by atoms with E-state index >= 15 is 0 Å². The van der Waals surface area contributed by atoms with Crippen molar-refractivity contribution < 1.29 is 23.1 Å². The first-order valence-electron chi connectivity index (χ1n) is 9.46. The summed E-state index contributed by atoms with van der Waals surface area (Å²) >= 11 is 0. The third-order valence-electron chi connectivity index (χ3n) is 4.90. The molecule has 0 atom stereocenters. The van der Waals surface area contributed by atoms with Crippen molar-refractivity contribution in [3.63, 3.8) is 0 Å². The minimum Gasteiger partial charge on any atom is -0.506 e. The molecular formula is C23H17F3N4O2. The van der Waals surface area contributed by atoms with Crippen LogP contribution in [0.5, 0.6) is 5.75 Å². The highest BCUT2D eigenvalue weighted by Gasteiger charge is 2.12. The second kappa shape index (κ2) is 8.46. The number of phenols is 1. The van der Waals surface area contributed by atoms with E-state index in [4.69, 9.17) is 5.73 Å². The van der Waals surface area contributed by atoms with Gasteiger partial charge in [0.1, 0.15) is 5.75 Å². The Balaban J connectivity index is 1.54. The lowest BCUT2D eigenvalue weighted by molar-refractivity contribution is 0.0955. The number of aromatic nitrogens is 1. The van der Waals surface area contributed by atoms with Gasteiger partial charge in [0, 0.05) is 34.8 Å². The molecule has 0 aliphatic carbocycles. The Morgan fingerprint density at radius 2 is 1.84 bits per heavy atom. The zero-order valence-corrected chi connectivity index (χ0v) is 16.5. The standard InChI is InChI=1S/C23H17F3N4O2/c24-17-8-13(9-18(25)22(17)26)12-30-7-6-16-15(2-1-3-20(16)30)11-28-29-23(32)14-4-5-21(31)19(27)10-14/h1-11,31H,12,27H2,(H,29,32)/b28-11+. The van der Waals surface area contributed by atoms with Crippen LogP contribution >= 0.6 is 0 Å². The van der Waals surface area contributed by atoms with Crippen molar-refractivity contribution in [1.29, 1.82) is 0 Å². The van der Waals surface area contributed by atoms with Crippen molar-refractivity contribution >= 4 is 28.7 Å². The molecule has 0 bridgehead atoms. The number of nitrogens with two attached hydrogens (primary N) is 1. The highest BCUT2D eigenvalue weighted by atomic mass is 19.2. The zero-order valence-electron chi connectivity index (χ0n) is 16.5. The summed E-state index contributed by atoms with van der Waals surface area (Å²) in [7, 11) is 0. The first-order chi connectivity index (χ1) is 15.3. The topological polar surface area (TPSA) is 92.6 Å². The summed E-state index contributed by atoms with van der Waals surface area (Å²) in [4.78, 5) is 12.2. The van der Waals surface area contributed by atoms with Gasteiger partial charge in [-0.05, 0) is 48.0 Å². The summed E-state index contributed by atoms with van der Waals surface area (Å²) < 4.78 is 42.0. The summed E-state index contributed by atoms with van der Waals surface area (Å²) in [5, 5.41) is 14.2. The number of halogens is 3. The van der Waals surface area contributed by atoms with E-state index < -0.39 is 23.4 Å². The monoisotopic (exact) mass is 438 g/mol. The summed E-state index contributed by atoms with van der Waals surface area (Å²) in [6.45, 7) is 0.136. The van der Waals surface area contributed by atoms with Crippen LogP contribution in [0.25, 0.3) is 10.9 Å². The van der Waals surface area contributed by atoms with Gasteiger partial charge in [-0.1, -0.05) is 12.1 Å². The maximum atomic E-state index is 13.5. The first kappa shape index (κ1) is 21.0. The quantitative estimate of drug-likeness (QED) is 0.144. The SMILES string of the molecule is Nc1cc(C(=O)N/N=C/c2cccc3c2ccn3Cc2cc(F)c(F)c(F)c2)ccc1O. The third-order valence-corrected chi connectivity index (χ3v) is 4.90. The number of rotatable bonds is 5. The van der Waals surface area contributed by atoms with Crippen molar-refractivity contribution in [3.8, 4) is 5.75 Å². The number of nitrogens with one attached hydrogen (secondary N) is 1. The average molecular weight is 438 g/mol. The highest BCUT2D eigenvalue weighted by molar-refractivity contribution is 6.00. The number of carbonyl (C=O) groups excluding carboxylic acids is 1. The Morgan fingerprint density at radius 1 is 1.09 bits per heavy atom. The number of aromatic hydroxyl groups is 1. The molecule has 0 radical (unpaired) electrons. The van der Waals surface area contributed by atoms with E-state index in [1.165, 1.54) is 24.4 Å². The minimum atomic E-state index is -1.50. The van der Waals surface area contributed by atoms with Gasteiger partial charge in [-0.3, -0.25) is 4.79 Å². The van der Waals surface area contributed by atoms with Gasteiger partial charge in [-0.15, -0.1) is 0 Å². The molecule has 9 heteroatoms. The van der Waals surface area contributed by atoms with Gasteiger partial charge >= 0.3 is 0 Å². The number of fused-ring (bicyclic) bond motifs is 1. The van der Waals surface area contributed by atoms with Gasteiger partial charge in [0.05, 0.1) is 11.9 Å². The van der Waals surface area contributed by atoms with E-state index in [1.807, 2.05) is 6.07 Å². The Bertz CT molecular complexity index is 1340. The van der Waals surface area contributed by atoms with Gasteiger partial charge in [0.25, 0.3) is 5.91 Å². The van der Waals surface area contributed by atoms with Crippen LogP contribution in [-0.2, 0) is 6.54 Å². The van der Waals surface area contributed by atoms with Crippen LogP contribution in [0.3, 0.4) is 0 Å². The van der Waals surface area contributed by atoms with Gasteiger partial charge in [-0.2, -0.15) is 5.10 Å². The molecule has 1 aromatic heterocycles. The van der Waals surface area contributed by atoms with Crippen LogP contribution < -0.4 is 11.2 Å². The molecule has 0 saturated carbocycles. The normalized spacial score (nSPS) is 11.3. The lowest BCUT2D eigenvalue weighted by Gasteiger charge is -2.07. The molecule has 4 rings (SSSR count). The average Bonchev–Trinajstić information content (AvgIpc) is 3.17. The Hall–Kier alpha value is -4.27. The number of anilines is 1. The predicted octanol–water partition coefficient (Wildman–Crippen LogP) is 4.16. The predicted molar refractivity (Wildman–Crippen MR) is 115 cm³/mol. The lowest BCUT2D eigenvalue weighted by atomic mass is 10.1. The van der Waals surface area contributed by atoms with Crippen molar-refractivity contribution in [1.82, 2.24) is 9.99 Å². The number of hydrogen-bond acceptors (Lipinski definition) is 4. The fourth-order valence-electron chi connectivity index (χ4n) is 3.31. The van der Waals surface area contributed by atoms with Crippen molar-refractivity contribution in [2.45, 2.75) is 6.54 Å². The van der Waals surface area contributed by atoms with Gasteiger partial charge < -0.3 is 15.4 Å². The number of hydrogen-bond donors (Lipinski definition) is 3. The van der Waals surface area contributed by atoms with Gasteiger partial charge in [-0.25, -0.2) is 18.6 Å². The molecule has 0 unspecified atom stereocenters. The maximum absolute atomic E-state index is 13.5. The molecule has 162 valence electrons. The largest absolute Gasteiger partial charge is 0.506 e. The molecule has 4 N–H and O–H groups in total. The van der Waals surface area contributed by atoms with E-state index in [9.17, 15) is 23.1 Å². The smallest absolute Gasteiger partial charge is 0.271 e. The summed E-state index contributed by atoms with van der Waals surface area (Å²) in [6, 6.07) is 13.2. The van der Waals surface area contributed by atoms with E-state index in [2.05, 4.69) is 10.5 Å². The van der Waals surface area contributed by atoms with Crippen LogP contribution in [0.2, 0.25) is 0 Å². The molecule has 0 spiro atoms. The van der Waals surface area contributed by atoms with Crippen LogP contribution in [0.1, 0.15) is 21.5 Å². The van der Waals surface area contributed by atoms with E-state index in [0.29, 0.717) is 5.56 Å². The maximum Gasteiger partial charge on any atom is 0.271 e. The van der Waals surface area contributed by atoms with Crippen LogP contribution in [-0.4, -0.2) is 21.8 Å². The van der Waals surface area contributed by atoms with Gasteiger partial charge in [0.15, 0.2) is 17.5 Å². The van der Waals surface area contributed by atoms with E-state index in [0.717, 1.165) is 23.0 Å². The number of carbonyl (C=O) groups is 1. The number of phenolic OH excluding ortho intramolecular Hbond substituents is 1. The van der Waals surface area contributed by atoms with E-state index in [-0.39, 0.29) is 29.1 Å². The first-order valence-corrected chi connectivity index (χ1v) is 9.46. The Labute approximate surface area is 180 Å². The van der Waals surface area contributed by atoms with Crippen molar-refractivity contribution in [2.24, 2.45) is 5.10 Å². The van der Waals surface area contributed by atoms with Crippen molar-refractivity contribution in [2.75, 3.05) is 5.73 Å². The Kier molecular flexibility index (Phi) is 5.55. The van der Waals surface area contributed by atoms with Crippen LogP contribution in [0.4, 0.5) is 18.9 Å². The van der Waals surface area contributed by atoms with Gasteiger partial charge in [0.2, 0.25) is 0 Å². The lowest BCUT2D eigenvalue weighted by Crippen LogP contribution is -2.17. The second-order valence-electron chi connectivity index (χ2n) is 7.07. The molecule has 0 aliphatic heterocycles. The van der Waals surface area contributed by atoms with Crippen molar-refractivity contribution in [3.05, 3.63) is 94.9 Å². The zero-order chi connectivity index (χ0) is 22.8. The van der Waals surface area contributed by atoms with E-state index in [1.54, 1.807) is 29.0 Å². The second-order valence-corrected chi connectivity index (χ2v) is 7.07. The molecule has 3 aromatic carbocycles. The molecule has 32 heavy (non-hydrogen) atoms. The highest BCUT2D eigenvalue weighted by Crippen LogP contribution is 2.22. The number of nitrogen functional groups attached to an aromatic ring is 1. The van der Waals surface area contributed by atoms with Crippen LogP contribution in [0, 0.1) is 17.5 Å². The molecule has 1 amide bonds.